The number of nitrogens with one attached hydrogen (secondary N) is 2. The Bertz CT molecular complexity index is 866. The molecule has 1 fully saturated rings. The Morgan fingerprint density at radius 1 is 1.32 bits per heavy atom. The number of halogens is 2. The van der Waals surface area contributed by atoms with Crippen LogP contribution in [0.1, 0.15) is 23.2 Å². The zero-order valence-corrected chi connectivity index (χ0v) is 15.4. The number of amides is 2. The highest BCUT2D eigenvalue weighted by Gasteiger charge is 2.29. The largest absolute Gasteiger partial charge is 0.338 e. The first-order chi connectivity index (χ1) is 12.0. The SMILES string of the molecule is O=C(Nn1cn[nH]c1=S)[C@@H]1CCCN(C(=O)c2ccc(Cl)c(Cl)c2)C1. The minimum Gasteiger partial charge on any atom is -0.338 e. The Morgan fingerprint density at radius 3 is 2.80 bits per heavy atom. The van der Waals surface area contributed by atoms with Crippen LogP contribution in [-0.2, 0) is 4.79 Å². The zero-order valence-electron chi connectivity index (χ0n) is 13.0. The van der Waals surface area contributed by atoms with E-state index in [1.165, 1.54) is 11.0 Å². The molecule has 132 valence electrons. The number of aromatic nitrogens is 3. The van der Waals surface area contributed by atoms with Gasteiger partial charge in [0.15, 0.2) is 0 Å². The number of carbonyl (C=O) groups is 2. The van der Waals surface area contributed by atoms with E-state index in [0.717, 1.165) is 6.42 Å². The fraction of sp³-hybridized carbons (Fsp3) is 0.333. The van der Waals surface area contributed by atoms with Gasteiger partial charge in [0, 0.05) is 18.7 Å². The van der Waals surface area contributed by atoms with Crippen molar-refractivity contribution in [3.8, 4) is 0 Å². The van der Waals surface area contributed by atoms with Crippen LogP contribution in [0, 0.1) is 10.7 Å². The normalized spacial score (nSPS) is 17.4. The molecule has 7 nitrogen and oxygen atoms in total. The molecular formula is C15H15Cl2N5O2S. The Balaban J connectivity index is 1.69. The standard InChI is InChI=1S/C15H15Cl2N5O2S/c16-11-4-3-9(6-12(11)17)14(24)21-5-1-2-10(7-21)13(23)20-22-8-18-19-15(22)25/h3-4,6,8,10H,1-2,5,7H2,(H,19,25)(H,20,23)/t10-/m1/s1. The Kier molecular flexibility index (Phi) is 5.41. The summed E-state index contributed by atoms with van der Waals surface area (Å²) in [5, 5.41) is 7.03. The number of hydrogen-bond donors (Lipinski definition) is 2. The van der Waals surface area contributed by atoms with Crippen LogP contribution in [0.25, 0.3) is 0 Å². The lowest BCUT2D eigenvalue weighted by molar-refractivity contribution is -0.122. The number of carbonyl (C=O) groups excluding carboxylic acids is 2. The van der Waals surface area contributed by atoms with Gasteiger partial charge < -0.3 is 4.90 Å². The van der Waals surface area contributed by atoms with E-state index >= 15 is 0 Å². The van der Waals surface area contributed by atoms with Gasteiger partial charge in [-0.15, -0.1) is 0 Å². The average molecular weight is 400 g/mol. The second-order valence-corrected chi connectivity index (χ2v) is 6.93. The number of aromatic amines is 1. The Morgan fingerprint density at radius 2 is 2.12 bits per heavy atom. The van der Waals surface area contributed by atoms with E-state index in [9.17, 15) is 9.59 Å². The number of rotatable bonds is 3. The molecule has 3 rings (SSSR count). The van der Waals surface area contributed by atoms with Crippen LogP contribution < -0.4 is 5.43 Å². The number of nitrogens with zero attached hydrogens (tertiary/aromatic N) is 3. The van der Waals surface area contributed by atoms with Crippen molar-refractivity contribution in [1.29, 1.82) is 0 Å². The third kappa shape index (κ3) is 4.02. The maximum absolute atomic E-state index is 12.7. The summed E-state index contributed by atoms with van der Waals surface area (Å²) in [5.74, 6) is -0.697. The molecule has 25 heavy (non-hydrogen) atoms. The van der Waals surface area contributed by atoms with Crippen molar-refractivity contribution in [3.63, 3.8) is 0 Å². The predicted octanol–water partition coefficient (Wildman–Crippen LogP) is 2.87. The van der Waals surface area contributed by atoms with Crippen LogP contribution in [0.15, 0.2) is 24.5 Å². The molecule has 1 aromatic carbocycles. The van der Waals surface area contributed by atoms with Crippen LogP contribution in [0.3, 0.4) is 0 Å². The van der Waals surface area contributed by atoms with Gasteiger partial charge in [-0.3, -0.25) is 20.1 Å². The van der Waals surface area contributed by atoms with Gasteiger partial charge in [-0.25, -0.2) is 4.68 Å². The van der Waals surface area contributed by atoms with Gasteiger partial charge in [0.05, 0.1) is 16.0 Å². The van der Waals surface area contributed by atoms with Gasteiger partial charge in [0.2, 0.25) is 10.7 Å². The molecule has 0 bridgehead atoms. The molecule has 0 spiro atoms. The van der Waals surface area contributed by atoms with Crippen LogP contribution in [-0.4, -0.2) is 44.7 Å². The van der Waals surface area contributed by atoms with Crippen molar-refractivity contribution in [3.05, 3.63) is 44.9 Å². The summed E-state index contributed by atoms with van der Waals surface area (Å²) in [4.78, 5) is 26.7. The van der Waals surface area contributed by atoms with E-state index in [1.807, 2.05) is 0 Å². The van der Waals surface area contributed by atoms with Crippen molar-refractivity contribution in [2.45, 2.75) is 12.8 Å². The molecule has 1 saturated heterocycles. The summed E-state index contributed by atoms with van der Waals surface area (Å²) in [6, 6.07) is 4.76. The number of hydrogen-bond acceptors (Lipinski definition) is 4. The van der Waals surface area contributed by atoms with Gasteiger partial charge in [-0.2, -0.15) is 5.10 Å². The summed E-state index contributed by atoms with van der Waals surface area (Å²) in [5.41, 5.74) is 3.13. The van der Waals surface area contributed by atoms with Crippen molar-refractivity contribution >= 4 is 47.2 Å². The van der Waals surface area contributed by atoms with Gasteiger partial charge in [0.1, 0.15) is 6.33 Å². The second kappa shape index (κ2) is 7.55. The van der Waals surface area contributed by atoms with Gasteiger partial charge in [-0.1, -0.05) is 23.2 Å². The molecule has 0 unspecified atom stereocenters. The van der Waals surface area contributed by atoms with Crippen molar-refractivity contribution in [2.75, 3.05) is 18.5 Å². The molecule has 1 aliphatic heterocycles. The summed E-state index contributed by atoms with van der Waals surface area (Å²) in [6.07, 6.45) is 2.83. The topological polar surface area (TPSA) is 83.0 Å². The zero-order chi connectivity index (χ0) is 18.0. The second-order valence-electron chi connectivity index (χ2n) is 5.73. The number of piperidine rings is 1. The van der Waals surface area contributed by atoms with E-state index in [1.54, 1.807) is 23.1 Å². The number of benzene rings is 1. The molecule has 1 aromatic heterocycles. The van der Waals surface area contributed by atoms with E-state index in [0.29, 0.717) is 39.9 Å². The highest BCUT2D eigenvalue weighted by atomic mass is 35.5. The predicted molar refractivity (Wildman–Crippen MR) is 96.9 cm³/mol. The quantitative estimate of drug-likeness (QED) is 0.777. The van der Waals surface area contributed by atoms with Crippen molar-refractivity contribution in [2.24, 2.45) is 5.92 Å². The minimum absolute atomic E-state index is 0.170. The summed E-state index contributed by atoms with van der Waals surface area (Å²) in [6.45, 7) is 0.921. The number of likely N-dealkylation sites (tertiary alicyclic amines) is 1. The summed E-state index contributed by atoms with van der Waals surface area (Å²) < 4.78 is 1.64. The van der Waals surface area contributed by atoms with Crippen molar-refractivity contribution < 1.29 is 9.59 Å². The fourth-order valence-electron chi connectivity index (χ4n) is 2.73. The minimum atomic E-state index is -0.322. The molecule has 10 heteroatoms. The van der Waals surface area contributed by atoms with Gasteiger partial charge in [-0.05, 0) is 43.3 Å². The summed E-state index contributed by atoms with van der Waals surface area (Å²) in [7, 11) is 0. The molecule has 0 aliphatic carbocycles. The van der Waals surface area contributed by atoms with E-state index in [-0.39, 0.29) is 17.7 Å². The molecule has 2 heterocycles. The lowest BCUT2D eigenvalue weighted by Gasteiger charge is -2.32. The molecule has 2 N–H and O–H groups in total. The van der Waals surface area contributed by atoms with Gasteiger partial charge in [0.25, 0.3) is 5.91 Å². The van der Waals surface area contributed by atoms with E-state index in [2.05, 4.69) is 15.6 Å². The molecule has 1 aliphatic rings. The fourth-order valence-corrected chi connectivity index (χ4v) is 3.17. The maximum Gasteiger partial charge on any atom is 0.253 e. The van der Waals surface area contributed by atoms with E-state index < -0.39 is 0 Å². The summed E-state index contributed by atoms with van der Waals surface area (Å²) >= 11 is 16.9. The first kappa shape index (κ1) is 17.9. The first-order valence-electron chi connectivity index (χ1n) is 7.63. The monoisotopic (exact) mass is 399 g/mol. The highest BCUT2D eigenvalue weighted by molar-refractivity contribution is 7.71. The molecule has 2 amide bonds. The Hall–Kier alpha value is -1.90. The molecule has 0 radical (unpaired) electrons. The van der Waals surface area contributed by atoms with Crippen LogP contribution in [0.5, 0.6) is 0 Å². The van der Waals surface area contributed by atoms with Crippen LogP contribution in [0.2, 0.25) is 10.0 Å². The maximum atomic E-state index is 12.7. The third-order valence-electron chi connectivity index (χ3n) is 4.03. The van der Waals surface area contributed by atoms with E-state index in [4.69, 9.17) is 35.4 Å². The molecular weight excluding hydrogens is 385 g/mol. The number of H-pyrrole nitrogens is 1. The molecule has 0 saturated carbocycles. The smallest absolute Gasteiger partial charge is 0.253 e. The van der Waals surface area contributed by atoms with Gasteiger partial charge >= 0.3 is 0 Å². The molecule has 1 atom stereocenters. The first-order valence-corrected chi connectivity index (χ1v) is 8.79. The highest BCUT2D eigenvalue weighted by Crippen LogP contribution is 2.25. The van der Waals surface area contributed by atoms with Crippen LogP contribution >= 0.6 is 35.4 Å². The average Bonchev–Trinajstić information content (AvgIpc) is 3.01. The van der Waals surface area contributed by atoms with Crippen molar-refractivity contribution in [1.82, 2.24) is 19.8 Å². The Labute approximate surface area is 158 Å². The molecule has 2 aromatic rings. The lowest BCUT2D eigenvalue weighted by Crippen LogP contribution is -2.44. The van der Waals surface area contributed by atoms with Crippen LogP contribution in [0.4, 0.5) is 0 Å². The third-order valence-corrected chi connectivity index (χ3v) is 5.06. The lowest BCUT2D eigenvalue weighted by atomic mass is 9.96.